The first kappa shape index (κ1) is 24.2. The number of carbonyl (C=O) groups is 5. The van der Waals surface area contributed by atoms with E-state index in [-0.39, 0.29) is 0 Å². The third-order valence-corrected chi connectivity index (χ3v) is 3.35. The number of carboxylic acids is 1. The first-order chi connectivity index (χ1) is 12.4. The van der Waals surface area contributed by atoms with E-state index in [0.29, 0.717) is 0 Å². The predicted octanol–water partition coefficient (Wildman–Crippen LogP) is -4.88. The Hall–Kier alpha value is -2.77. The number of aliphatic hydroxyl groups is 2. The number of rotatable bonds is 11. The number of amides is 4. The Morgan fingerprint density at radius 2 is 1.52 bits per heavy atom. The van der Waals surface area contributed by atoms with Crippen molar-refractivity contribution in [1.29, 1.82) is 0 Å². The van der Waals surface area contributed by atoms with Crippen LogP contribution < -0.4 is 27.4 Å². The van der Waals surface area contributed by atoms with Crippen LogP contribution in [0, 0.1) is 0 Å². The average molecular weight is 391 g/mol. The zero-order valence-corrected chi connectivity index (χ0v) is 14.8. The molecule has 0 aromatic carbocycles. The van der Waals surface area contributed by atoms with E-state index in [4.69, 9.17) is 16.6 Å². The molecule has 0 bridgehead atoms. The smallest absolute Gasteiger partial charge is 0.328 e. The molecule has 5 unspecified atom stereocenters. The number of carbonyl (C=O) groups excluding carboxylic acids is 4. The van der Waals surface area contributed by atoms with Crippen LogP contribution >= 0.6 is 0 Å². The molecular weight excluding hydrogens is 366 g/mol. The summed E-state index contributed by atoms with van der Waals surface area (Å²) in [5.41, 5.74) is 10.4. The van der Waals surface area contributed by atoms with E-state index in [1.807, 2.05) is 5.32 Å². The van der Waals surface area contributed by atoms with Crippen LogP contribution in [0.1, 0.15) is 20.3 Å². The zero-order chi connectivity index (χ0) is 21.3. The molecular formula is C14H25N5O8. The van der Waals surface area contributed by atoms with Crippen molar-refractivity contribution in [2.45, 2.75) is 50.6 Å². The highest BCUT2D eigenvalue weighted by molar-refractivity contribution is 5.95. The molecule has 27 heavy (non-hydrogen) atoms. The maximum atomic E-state index is 12.1. The highest BCUT2D eigenvalue weighted by Crippen LogP contribution is 1.98. The minimum atomic E-state index is -1.67. The second-order valence-corrected chi connectivity index (χ2v) is 5.84. The molecule has 0 heterocycles. The van der Waals surface area contributed by atoms with Crippen LogP contribution in [-0.2, 0) is 24.0 Å². The number of carboxylic acid groups (broad SMARTS) is 1. The SMILES string of the molecule is CC(O)C(N)C(=O)NCC(=O)NC(CC(N)=O)C(=O)NC(C(=O)O)C(C)O. The van der Waals surface area contributed by atoms with Crippen molar-refractivity contribution in [1.82, 2.24) is 16.0 Å². The topological polar surface area (TPSA) is 234 Å². The molecule has 0 spiro atoms. The molecule has 0 fully saturated rings. The lowest BCUT2D eigenvalue weighted by atomic mass is 10.1. The number of nitrogens with two attached hydrogens (primary N) is 2. The van der Waals surface area contributed by atoms with Crippen LogP contribution in [0.4, 0.5) is 0 Å². The number of primary amides is 1. The summed E-state index contributed by atoms with van der Waals surface area (Å²) in [6.45, 7) is 1.78. The van der Waals surface area contributed by atoms with Gasteiger partial charge in [-0.15, -0.1) is 0 Å². The van der Waals surface area contributed by atoms with Crippen LogP contribution in [0.2, 0.25) is 0 Å². The molecule has 0 aromatic rings. The second-order valence-electron chi connectivity index (χ2n) is 5.84. The summed E-state index contributed by atoms with van der Waals surface area (Å²) in [4.78, 5) is 57.6. The molecule has 5 atom stereocenters. The van der Waals surface area contributed by atoms with Crippen molar-refractivity contribution in [3.05, 3.63) is 0 Å². The lowest BCUT2D eigenvalue weighted by Crippen LogP contribution is -2.57. The lowest BCUT2D eigenvalue weighted by Gasteiger charge is -2.22. The Labute approximate surface area is 154 Å². The molecule has 4 amide bonds. The van der Waals surface area contributed by atoms with Crippen LogP contribution in [0.3, 0.4) is 0 Å². The van der Waals surface area contributed by atoms with Gasteiger partial charge < -0.3 is 42.7 Å². The molecule has 0 aromatic heterocycles. The summed E-state index contributed by atoms with van der Waals surface area (Å²) in [5, 5.41) is 33.7. The molecule has 0 saturated heterocycles. The number of hydrogen-bond donors (Lipinski definition) is 8. The molecule has 13 heteroatoms. The van der Waals surface area contributed by atoms with Gasteiger partial charge in [0.15, 0.2) is 6.04 Å². The zero-order valence-electron chi connectivity index (χ0n) is 14.8. The van der Waals surface area contributed by atoms with Gasteiger partial charge in [0, 0.05) is 0 Å². The van der Waals surface area contributed by atoms with Crippen molar-refractivity contribution < 1.29 is 39.3 Å². The summed E-state index contributed by atoms with van der Waals surface area (Å²) >= 11 is 0. The van der Waals surface area contributed by atoms with Crippen LogP contribution in [0.25, 0.3) is 0 Å². The van der Waals surface area contributed by atoms with Crippen LogP contribution in [0.5, 0.6) is 0 Å². The fourth-order valence-electron chi connectivity index (χ4n) is 1.80. The van der Waals surface area contributed by atoms with Crippen LogP contribution in [0.15, 0.2) is 0 Å². The molecule has 13 nitrogen and oxygen atoms in total. The first-order valence-corrected chi connectivity index (χ1v) is 7.87. The van der Waals surface area contributed by atoms with Gasteiger partial charge in [0.05, 0.1) is 25.2 Å². The Kier molecular flexibility index (Phi) is 9.92. The van der Waals surface area contributed by atoms with Crippen molar-refractivity contribution in [3.63, 3.8) is 0 Å². The van der Waals surface area contributed by atoms with Gasteiger partial charge in [-0.2, -0.15) is 0 Å². The minimum absolute atomic E-state index is 0.624. The Balaban J connectivity index is 4.92. The Morgan fingerprint density at radius 1 is 0.963 bits per heavy atom. The summed E-state index contributed by atoms with van der Waals surface area (Å²) < 4.78 is 0. The first-order valence-electron chi connectivity index (χ1n) is 7.87. The van der Waals surface area contributed by atoms with Crippen molar-refractivity contribution in [2.75, 3.05) is 6.54 Å². The van der Waals surface area contributed by atoms with Crippen molar-refractivity contribution in [3.8, 4) is 0 Å². The van der Waals surface area contributed by atoms with Gasteiger partial charge in [0.1, 0.15) is 12.1 Å². The van der Waals surface area contributed by atoms with E-state index in [9.17, 15) is 34.2 Å². The lowest BCUT2D eigenvalue weighted by molar-refractivity contribution is -0.145. The van der Waals surface area contributed by atoms with E-state index in [1.165, 1.54) is 6.92 Å². The summed E-state index contributed by atoms with van der Waals surface area (Å²) in [7, 11) is 0. The maximum Gasteiger partial charge on any atom is 0.328 e. The van der Waals surface area contributed by atoms with E-state index in [2.05, 4.69) is 10.6 Å². The number of aliphatic hydroxyl groups excluding tert-OH is 2. The molecule has 0 rings (SSSR count). The van der Waals surface area contributed by atoms with E-state index < -0.39 is 72.9 Å². The number of nitrogens with one attached hydrogen (secondary N) is 3. The van der Waals surface area contributed by atoms with E-state index >= 15 is 0 Å². The molecule has 154 valence electrons. The third kappa shape index (κ3) is 8.94. The van der Waals surface area contributed by atoms with Crippen molar-refractivity contribution in [2.24, 2.45) is 11.5 Å². The van der Waals surface area contributed by atoms with Crippen molar-refractivity contribution >= 4 is 29.6 Å². The monoisotopic (exact) mass is 391 g/mol. The fraction of sp³-hybridized carbons (Fsp3) is 0.643. The van der Waals surface area contributed by atoms with Gasteiger partial charge in [-0.25, -0.2) is 4.79 Å². The van der Waals surface area contributed by atoms with Gasteiger partial charge in [0.25, 0.3) is 0 Å². The third-order valence-electron chi connectivity index (χ3n) is 3.35. The molecule has 10 N–H and O–H groups in total. The summed E-state index contributed by atoms with van der Waals surface area (Å²) in [6.07, 6.45) is -3.25. The molecule has 0 saturated carbocycles. The largest absolute Gasteiger partial charge is 0.480 e. The Morgan fingerprint density at radius 3 is 1.93 bits per heavy atom. The summed E-state index contributed by atoms with van der Waals surface area (Å²) in [6, 6.07) is -4.48. The fourth-order valence-corrected chi connectivity index (χ4v) is 1.80. The predicted molar refractivity (Wildman–Crippen MR) is 89.7 cm³/mol. The number of hydrogen-bond acceptors (Lipinski definition) is 8. The van der Waals surface area contributed by atoms with Crippen LogP contribution in [-0.4, -0.2) is 81.8 Å². The Bertz CT molecular complexity index is 580. The molecule has 0 radical (unpaired) electrons. The molecule has 0 aliphatic rings. The van der Waals surface area contributed by atoms with Gasteiger partial charge in [-0.1, -0.05) is 0 Å². The van der Waals surface area contributed by atoms with Gasteiger partial charge in [0.2, 0.25) is 23.6 Å². The minimum Gasteiger partial charge on any atom is -0.480 e. The molecule has 0 aliphatic carbocycles. The molecule has 0 aliphatic heterocycles. The normalized spacial score (nSPS) is 16.2. The standard InChI is InChI=1S/C14H25N5O8/c1-5(20)10(16)13(25)17-4-9(23)18-7(3-8(15)22)12(24)19-11(6(2)21)14(26)27/h5-7,10-11,20-21H,3-4,16H2,1-2H3,(H2,15,22)(H,17,25)(H,18,23)(H,19,24)(H,26,27). The highest BCUT2D eigenvalue weighted by Gasteiger charge is 2.30. The van der Waals surface area contributed by atoms with E-state index in [1.54, 1.807) is 0 Å². The average Bonchev–Trinajstić information content (AvgIpc) is 2.54. The summed E-state index contributed by atoms with van der Waals surface area (Å²) in [5.74, 6) is -5.27. The maximum absolute atomic E-state index is 12.1. The second kappa shape index (κ2) is 11.1. The highest BCUT2D eigenvalue weighted by atomic mass is 16.4. The number of aliphatic carboxylic acids is 1. The van der Waals surface area contributed by atoms with Gasteiger partial charge >= 0.3 is 5.97 Å². The van der Waals surface area contributed by atoms with Gasteiger partial charge in [-0.3, -0.25) is 19.2 Å². The quantitative estimate of drug-likeness (QED) is 0.168. The van der Waals surface area contributed by atoms with E-state index in [0.717, 1.165) is 6.92 Å². The van der Waals surface area contributed by atoms with Gasteiger partial charge in [-0.05, 0) is 13.8 Å².